The van der Waals surface area contributed by atoms with Crippen LogP contribution in [0.3, 0.4) is 0 Å². The molecule has 1 aliphatic heterocycles. The summed E-state index contributed by atoms with van der Waals surface area (Å²) in [7, 11) is 0. The van der Waals surface area contributed by atoms with Crippen LogP contribution >= 0.6 is 0 Å². The van der Waals surface area contributed by atoms with Gasteiger partial charge in [-0.1, -0.05) is 39.5 Å². The first kappa shape index (κ1) is 15.6. The van der Waals surface area contributed by atoms with E-state index in [1.54, 1.807) is 0 Å². The molecule has 0 radical (unpaired) electrons. The lowest BCUT2D eigenvalue weighted by atomic mass is 9.74. The Kier molecular flexibility index (Phi) is 5.35. The molecular formula is C15H29NO2. The molecule has 0 atom stereocenters. The number of piperidine rings is 1. The van der Waals surface area contributed by atoms with Crippen molar-refractivity contribution < 1.29 is 10.0 Å². The Balaban J connectivity index is 2.93. The van der Waals surface area contributed by atoms with E-state index in [2.05, 4.69) is 13.8 Å². The van der Waals surface area contributed by atoms with Gasteiger partial charge < -0.3 is 5.21 Å². The molecular weight excluding hydrogens is 226 g/mol. The fraction of sp³-hybridized carbons (Fsp3) is 0.933. The van der Waals surface area contributed by atoms with Crippen molar-refractivity contribution in [1.82, 2.24) is 5.06 Å². The highest BCUT2D eigenvalue weighted by atomic mass is 16.5. The fourth-order valence-corrected chi connectivity index (χ4v) is 3.23. The molecule has 0 bridgehead atoms. The highest BCUT2D eigenvalue weighted by Gasteiger charge is 2.49. The van der Waals surface area contributed by atoms with Crippen molar-refractivity contribution in [3.63, 3.8) is 0 Å². The largest absolute Gasteiger partial charge is 0.313 e. The van der Waals surface area contributed by atoms with Gasteiger partial charge >= 0.3 is 0 Å². The Morgan fingerprint density at radius 3 is 2.06 bits per heavy atom. The molecule has 0 aromatic carbocycles. The highest BCUT2D eigenvalue weighted by Crippen LogP contribution is 2.41. The Labute approximate surface area is 112 Å². The third-order valence-corrected chi connectivity index (χ3v) is 4.17. The number of nitrogens with zero attached hydrogens (tertiary/aromatic N) is 1. The van der Waals surface area contributed by atoms with Crippen LogP contribution in [0.1, 0.15) is 79.1 Å². The van der Waals surface area contributed by atoms with Crippen LogP contribution in [0.25, 0.3) is 0 Å². The summed E-state index contributed by atoms with van der Waals surface area (Å²) in [5.74, 6) is 0.303. The van der Waals surface area contributed by atoms with Gasteiger partial charge in [-0.3, -0.25) is 4.79 Å². The summed E-state index contributed by atoms with van der Waals surface area (Å²) in [5.41, 5.74) is -0.734. The van der Waals surface area contributed by atoms with Gasteiger partial charge in [-0.05, 0) is 26.7 Å². The molecule has 0 unspecified atom stereocenters. The van der Waals surface area contributed by atoms with Crippen LogP contribution in [0.5, 0.6) is 0 Å². The summed E-state index contributed by atoms with van der Waals surface area (Å²) in [4.78, 5) is 12.0. The van der Waals surface area contributed by atoms with E-state index in [-0.39, 0.29) is 5.54 Å². The third-order valence-electron chi connectivity index (χ3n) is 4.17. The fourth-order valence-electron chi connectivity index (χ4n) is 3.23. The predicted molar refractivity (Wildman–Crippen MR) is 73.7 cm³/mol. The van der Waals surface area contributed by atoms with E-state index in [0.717, 1.165) is 38.5 Å². The van der Waals surface area contributed by atoms with E-state index in [9.17, 15) is 10.0 Å². The van der Waals surface area contributed by atoms with Gasteiger partial charge in [0.15, 0.2) is 0 Å². The van der Waals surface area contributed by atoms with Gasteiger partial charge in [0.2, 0.25) is 0 Å². The van der Waals surface area contributed by atoms with Crippen LogP contribution in [0.15, 0.2) is 0 Å². The van der Waals surface area contributed by atoms with Crippen molar-refractivity contribution in [2.75, 3.05) is 0 Å². The lowest BCUT2D eigenvalue weighted by Gasteiger charge is -2.51. The SMILES string of the molecule is CCCCC1(CCCC)CC(=O)CC(C)(C)N1O. The van der Waals surface area contributed by atoms with Crippen LogP contribution in [-0.2, 0) is 4.79 Å². The standard InChI is InChI=1S/C15H29NO2/c1-5-7-9-15(10-8-6-2)12-13(17)11-14(3,4)16(15)18/h18H,5-12H2,1-4H3. The van der Waals surface area contributed by atoms with Crippen molar-refractivity contribution in [2.45, 2.75) is 90.1 Å². The molecule has 1 saturated heterocycles. The number of hydrogen-bond donors (Lipinski definition) is 1. The van der Waals surface area contributed by atoms with E-state index >= 15 is 0 Å². The topological polar surface area (TPSA) is 40.5 Å². The van der Waals surface area contributed by atoms with Gasteiger partial charge in [0, 0.05) is 18.4 Å². The average molecular weight is 255 g/mol. The highest BCUT2D eigenvalue weighted by molar-refractivity contribution is 5.81. The van der Waals surface area contributed by atoms with E-state index < -0.39 is 5.54 Å². The summed E-state index contributed by atoms with van der Waals surface area (Å²) in [6, 6.07) is 0. The number of carbonyl (C=O) groups is 1. The van der Waals surface area contributed by atoms with Gasteiger partial charge in [-0.25, -0.2) is 0 Å². The van der Waals surface area contributed by atoms with Crippen molar-refractivity contribution >= 4 is 5.78 Å². The van der Waals surface area contributed by atoms with Crippen LogP contribution in [-0.4, -0.2) is 27.1 Å². The minimum absolute atomic E-state index is 0.303. The van der Waals surface area contributed by atoms with Gasteiger partial charge in [0.1, 0.15) is 5.78 Å². The van der Waals surface area contributed by atoms with Gasteiger partial charge in [0.05, 0.1) is 5.54 Å². The Morgan fingerprint density at radius 1 is 1.11 bits per heavy atom. The van der Waals surface area contributed by atoms with E-state index in [4.69, 9.17) is 0 Å². The molecule has 0 aromatic heterocycles. The lowest BCUT2D eigenvalue weighted by Crippen LogP contribution is -2.62. The Morgan fingerprint density at radius 2 is 1.61 bits per heavy atom. The summed E-state index contributed by atoms with van der Waals surface area (Å²) < 4.78 is 0. The molecule has 0 saturated carbocycles. The molecule has 1 fully saturated rings. The van der Waals surface area contributed by atoms with Crippen molar-refractivity contribution in [3.8, 4) is 0 Å². The number of hydrogen-bond acceptors (Lipinski definition) is 3. The molecule has 0 spiro atoms. The molecule has 3 nitrogen and oxygen atoms in total. The zero-order valence-corrected chi connectivity index (χ0v) is 12.5. The number of ketones is 1. The van der Waals surface area contributed by atoms with E-state index in [1.807, 2.05) is 13.8 Å². The maximum absolute atomic E-state index is 12.0. The molecule has 0 aliphatic carbocycles. The Hall–Kier alpha value is -0.410. The first-order valence-electron chi connectivity index (χ1n) is 7.39. The maximum Gasteiger partial charge on any atom is 0.136 e. The second-order valence-electron chi connectivity index (χ2n) is 6.45. The minimum atomic E-state index is -0.420. The monoisotopic (exact) mass is 255 g/mol. The van der Waals surface area contributed by atoms with Crippen LogP contribution in [0.4, 0.5) is 0 Å². The Bertz CT molecular complexity index is 278. The van der Waals surface area contributed by atoms with E-state index in [1.165, 1.54) is 5.06 Å². The molecule has 1 aliphatic rings. The van der Waals surface area contributed by atoms with Crippen molar-refractivity contribution in [3.05, 3.63) is 0 Å². The van der Waals surface area contributed by atoms with Crippen molar-refractivity contribution in [2.24, 2.45) is 0 Å². The van der Waals surface area contributed by atoms with Crippen molar-refractivity contribution in [1.29, 1.82) is 0 Å². The summed E-state index contributed by atoms with van der Waals surface area (Å²) in [6.07, 6.45) is 7.20. The first-order chi connectivity index (χ1) is 8.38. The molecule has 1 heterocycles. The zero-order chi connectivity index (χ0) is 13.8. The summed E-state index contributed by atoms with van der Waals surface area (Å²) in [5, 5.41) is 12.1. The quantitative estimate of drug-likeness (QED) is 0.781. The maximum atomic E-state index is 12.0. The van der Waals surface area contributed by atoms with Gasteiger partial charge in [-0.2, -0.15) is 5.06 Å². The number of unbranched alkanes of at least 4 members (excludes halogenated alkanes) is 2. The van der Waals surface area contributed by atoms with E-state index in [0.29, 0.717) is 18.6 Å². The molecule has 0 amide bonds. The van der Waals surface area contributed by atoms with Gasteiger partial charge in [-0.15, -0.1) is 0 Å². The van der Waals surface area contributed by atoms with Crippen LogP contribution in [0, 0.1) is 0 Å². The number of rotatable bonds is 6. The van der Waals surface area contributed by atoms with Crippen LogP contribution in [0.2, 0.25) is 0 Å². The second kappa shape index (κ2) is 6.16. The molecule has 0 aromatic rings. The average Bonchev–Trinajstić information content (AvgIpc) is 2.29. The normalized spacial score (nSPS) is 23.3. The number of Topliss-reactive ketones (excluding diaryl/α,β-unsaturated/α-hetero) is 1. The number of carbonyl (C=O) groups excluding carboxylic acids is 1. The first-order valence-corrected chi connectivity index (χ1v) is 7.39. The summed E-state index contributed by atoms with van der Waals surface area (Å²) in [6.45, 7) is 8.25. The van der Waals surface area contributed by atoms with Gasteiger partial charge in [0.25, 0.3) is 0 Å². The summed E-state index contributed by atoms with van der Waals surface area (Å²) >= 11 is 0. The molecule has 1 N–H and O–H groups in total. The lowest BCUT2D eigenvalue weighted by molar-refractivity contribution is -0.251. The molecule has 3 heteroatoms. The zero-order valence-electron chi connectivity index (χ0n) is 12.5. The third kappa shape index (κ3) is 3.33. The molecule has 106 valence electrons. The minimum Gasteiger partial charge on any atom is -0.313 e. The predicted octanol–water partition coefficient (Wildman–Crippen LogP) is 3.94. The smallest absolute Gasteiger partial charge is 0.136 e. The van der Waals surface area contributed by atoms with Crippen LogP contribution < -0.4 is 0 Å². The molecule has 1 rings (SSSR count). The molecule has 18 heavy (non-hydrogen) atoms. The second-order valence-corrected chi connectivity index (χ2v) is 6.45. The number of hydroxylamine groups is 2.